The zero-order chi connectivity index (χ0) is 8.72. The molecule has 1 unspecified atom stereocenters. The van der Waals surface area contributed by atoms with Crippen LogP contribution in [-0.4, -0.2) is 11.9 Å². The molecule has 0 bridgehead atoms. The fourth-order valence-corrected chi connectivity index (χ4v) is 1.94. The summed E-state index contributed by atoms with van der Waals surface area (Å²) in [4.78, 5) is 22.2. The maximum absolute atomic E-state index is 11.2. The van der Waals surface area contributed by atoms with Crippen LogP contribution in [0.2, 0.25) is 0 Å². The SMILES string of the molecule is CC1C=CC[C@H]2C(=O)OC(=O)[C@H]12. The van der Waals surface area contributed by atoms with Gasteiger partial charge in [0, 0.05) is 0 Å². The molecule has 2 rings (SSSR count). The van der Waals surface area contributed by atoms with Crippen LogP contribution >= 0.6 is 0 Å². The summed E-state index contributed by atoms with van der Waals surface area (Å²) < 4.78 is 4.56. The summed E-state index contributed by atoms with van der Waals surface area (Å²) >= 11 is 0. The second-order valence-corrected chi connectivity index (χ2v) is 3.40. The topological polar surface area (TPSA) is 43.4 Å². The Bertz CT molecular complexity index is 267. The first kappa shape index (κ1) is 7.53. The summed E-state index contributed by atoms with van der Waals surface area (Å²) in [6.45, 7) is 1.94. The van der Waals surface area contributed by atoms with E-state index in [1.54, 1.807) is 0 Å². The molecule has 0 spiro atoms. The Kier molecular flexibility index (Phi) is 1.53. The summed E-state index contributed by atoms with van der Waals surface area (Å²) in [5.41, 5.74) is 0. The first-order chi connectivity index (χ1) is 5.70. The van der Waals surface area contributed by atoms with Crippen molar-refractivity contribution < 1.29 is 14.3 Å². The Morgan fingerprint density at radius 1 is 1.42 bits per heavy atom. The van der Waals surface area contributed by atoms with E-state index < -0.39 is 0 Å². The highest BCUT2D eigenvalue weighted by atomic mass is 16.6. The third kappa shape index (κ3) is 0.891. The van der Waals surface area contributed by atoms with Crippen LogP contribution in [0.3, 0.4) is 0 Å². The van der Waals surface area contributed by atoms with Crippen molar-refractivity contribution >= 4 is 11.9 Å². The number of hydrogen-bond acceptors (Lipinski definition) is 3. The maximum atomic E-state index is 11.2. The van der Waals surface area contributed by atoms with Crippen molar-refractivity contribution in [2.75, 3.05) is 0 Å². The van der Waals surface area contributed by atoms with Gasteiger partial charge in [-0.05, 0) is 12.3 Å². The lowest BCUT2D eigenvalue weighted by Gasteiger charge is -2.20. The molecular formula is C9H10O3. The van der Waals surface area contributed by atoms with Crippen molar-refractivity contribution in [3.63, 3.8) is 0 Å². The minimum Gasteiger partial charge on any atom is -0.393 e. The molecule has 1 heterocycles. The predicted molar refractivity (Wildman–Crippen MR) is 41.0 cm³/mol. The van der Waals surface area contributed by atoms with Crippen LogP contribution in [0.1, 0.15) is 13.3 Å². The number of carbonyl (C=O) groups excluding carboxylic acids is 2. The molecule has 1 saturated heterocycles. The normalized spacial score (nSPS) is 39.6. The van der Waals surface area contributed by atoms with E-state index in [0.29, 0.717) is 6.42 Å². The number of cyclic esters (lactones) is 2. The van der Waals surface area contributed by atoms with Gasteiger partial charge in [0.2, 0.25) is 0 Å². The highest BCUT2D eigenvalue weighted by Gasteiger charge is 2.46. The van der Waals surface area contributed by atoms with E-state index in [1.165, 1.54) is 0 Å². The molecule has 0 saturated carbocycles. The zero-order valence-corrected chi connectivity index (χ0v) is 6.82. The van der Waals surface area contributed by atoms with Gasteiger partial charge in [0.15, 0.2) is 0 Å². The number of ether oxygens (including phenoxy) is 1. The standard InChI is InChI=1S/C9H10O3/c1-5-3-2-4-6-7(5)9(11)12-8(6)10/h2-3,5-7H,4H2,1H3/t5?,6-,7-/m1/s1. The van der Waals surface area contributed by atoms with Gasteiger partial charge < -0.3 is 4.74 Å². The van der Waals surface area contributed by atoms with E-state index >= 15 is 0 Å². The molecule has 1 aliphatic heterocycles. The van der Waals surface area contributed by atoms with Gasteiger partial charge in [-0.15, -0.1) is 0 Å². The number of rotatable bonds is 0. The maximum Gasteiger partial charge on any atom is 0.318 e. The summed E-state index contributed by atoms with van der Waals surface area (Å²) in [7, 11) is 0. The molecule has 0 aromatic heterocycles. The quantitative estimate of drug-likeness (QED) is 0.305. The highest BCUT2D eigenvalue weighted by Crippen LogP contribution is 2.36. The van der Waals surface area contributed by atoms with Gasteiger partial charge >= 0.3 is 11.9 Å². The lowest BCUT2D eigenvalue weighted by atomic mass is 9.78. The van der Waals surface area contributed by atoms with Crippen LogP contribution < -0.4 is 0 Å². The molecule has 0 radical (unpaired) electrons. The summed E-state index contributed by atoms with van der Waals surface area (Å²) in [6.07, 6.45) is 4.58. The van der Waals surface area contributed by atoms with Crippen molar-refractivity contribution in [1.29, 1.82) is 0 Å². The van der Waals surface area contributed by atoms with Gasteiger partial charge in [-0.1, -0.05) is 19.1 Å². The number of allylic oxidation sites excluding steroid dienone is 2. The predicted octanol–water partition coefficient (Wildman–Crippen LogP) is 0.898. The third-order valence-corrected chi connectivity index (χ3v) is 2.61. The van der Waals surface area contributed by atoms with Gasteiger partial charge in [0.1, 0.15) is 0 Å². The Morgan fingerprint density at radius 2 is 2.17 bits per heavy atom. The first-order valence-electron chi connectivity index (χ1n) is 4.12. The molecule has 12 heavy (non-hydrogen) atoms. The molecule has 1 fully saturated rings. The van der Waals surface area contributed by atoms with Crippen LogP contribution in [0.15, 0.2) is 12.2 Å². The third-order valence-electron chi connectivity index (χ3n) is 2.61. The minimum atomic E-state index is -0.346. The van der Waals surface area contributed by atoms with E-state index in [-0.39, 0.29) is 29.7 Å². The first-order valence-corrected chi connectivity index (χ1v) is 4.12. The Balaban J connectivity index is 2.32. The average molecular weight is 166 g/mol. The molecule has 3 atom stereocenters. The van der Waals surface area contributed by atoms with E-state index in [0.717, 1.165) is 0 Å². The lowest BCUT2D eigenvalue weighted by molar-refractivity contribution is -0.153. The Hall–Kier alpha value is -1.12. The largest absolute Gasteiger partial charge is 0.393 e. The van der Waals surface area contributed by atoms with Crippen molar-refractivity contribution in [2.45, 2.75) is 13.3 Å². The van der Waals surface area contributed by atoms with Gasteiger partial charge in [0.25, 0.3) is 0 Å². The second kappa shape index (κ2) is 2.44. The average Bonchev–Trinajstić information content (AvgIpc) is 2.29. The van der Waals surface area contributed by atoms with E-state index in [1.807, 2.05) is 19.1 Å². The molecule has 3 heteroatoms. The van der Waals surface area contributed by atoms with Gasteiger partial charge in [-0.2, -0.15) is 0 Å². The lowest BCUT2D eigenvalue weighted by Crippen LogP contribution is -2.25. The Morgan fingerprint density at radius 3 is 2.83 bits per heavy atom. The molecule has 0 amide bonds. The van der Waals surface area contributed by atoms with Crippen LogP contribution in [-0.2, 0) is 14.3 Å². The fraction of sp³-hybridized carbons (Fsp3) is 0.556. The number of fused-ring (bicyclic) bond motifs is 1. The van der Waals surface area contributed by atoms with Crippen molar-refractivity contribution in [1.82, 2.24) is 0 Å². The van der Waals surface area contributed by atoms with Crippen LogP contribution in [0.4, 0.5) is 0 Å². The highest BCUT2D eigenvalue weighted by molar-refractivity contribution is 5.97. The second-order valence-electron chi connectivity index (χ2n) is 3.40. The monoisotopic (exact) mass is 166 g/mol. The molecule has 1 aliphatic carbocycles. The summed E-state index contributed by atoms with van der Waals surface area (Å²) in [6, 6.07) is 0. The van der Waals surface area contributed by atoms with Gasteiger partial charge in [0.05, 0.1) is 11.8 Å². The van der Waals surface area contributed by atoms with Gasteiger partial charge in [-0.3, -0.25) is 9.59 Å². The van der Waals surface area contributed by atoms with Gasteiger partial charge in [-0.25, -0.2) is 0 Å². The van der Waals surface area contributed by atoms with Crippen molar-refractivity contribution in [3.8, 4) is 0 Å². The molecule has 64 valence electrons. The summed E-state index contributed by atoms with van der Waals surface area (Å²) in [5.74, 6) is -0.981. The minimum absolute atomic E-state index is 0.141. The van der Waals surface area contributed by atoms with E-state index in [9.17, 15) is 9.59 Å². The molecule has 0 N–H and O–H groups in total. The van der Waals surface area contributed by atoms with Crippen molar-refractivity contribution in [3.05, 3.63) is 12.2 Å². The fourth-order valence-electron chi connectivity index (χ4n) is 1.94. The van der Waals surface area contributed by atoms with Crippen LogP contribution in [0.25, 0.3) is 0 Å². The van der Waals surface area contributed by atoms with Crippen LogP contribution in [0.5, 0.6) is 0 Å². The molecular weight excluding hydrogens is 156 g/mol. The zero-order valence-electron chi connectivity index (χ0n) is 6.82. The molecule has 2 aliphatic rings. The number of hydrogen-bond donors (Lipinski definition) is 0. The number of carbonyl (C=O) groups is 2. The van der Waals surface area contributed by atoms with Crippen molar-refractivity contribution in [2.24, 2.45) is 17.8 Å². The Labute approximate surface area is 70.4 Å². The van der Waals surface area contributed by atoms with E-state index in [2.05, 4.69) is 4.74 Å². The van der Waals surface area contributed by atoms with E-state index in [4.69, 9.17) is 0 Å². The molecule has 3 nitrogen and oxygen atoms in total. The summed E-state index contributed by atoms with van der Waals surface area (Å²) in [5, 5.41) is 0. The smallest absolute Gasteiger partial charge is 0.318 e. The number of esters is 2. The molecule has 0 aromatic rings. The molecule has 0 aromatic carbocycles. The van der Waals surface area contributed by atoms with Crippen LogP contribution in [0, 0.1) is 17.8 Å².